The standard InChI is InChI=1S/C4H6O4.C2H2O5/c1-3(5)7-8-4(2)6;3-1(4)7-2(5)6/h1-2H3;(H,3,4)(H,5,6). The van der Waals surface area contributed by atoms with Crippen molar-refractivity contribution in [2.24, 2.45) is 0 Å². The fourth-order valence-electron chi connectivity index (χ4n) is 0.192. The predicted molar refractivity (Wildman–Crippen MR) is 40.7 cm³/mol. The minimum absolute atomic E-state index is 0.639. The second kappa shape index (κ2) is 8.29. The fraction of sp³-hybridized carbons (Fsp3) is 0.333. The molecule has 0 amide bonds. The van der Waals surface area contributed by atoms with Gasteiger partial charge in [0.2, 0.25) is 0 Å². The molecule has 0 aliphatic heterocycles. The van der Waals surface area contributed by atoms with Crippen LogP contribution < -0.4 is 0 Å². The molecule has 2 N–H and O–H groups in total. The van der Waals surface area contributed by atoms with Gasteiger partial charge in [0.05, 0.1) is 0 Å². The molecule has 0 aromatic heterocycles. The van der Waals surface area contributed by atoms with Crippen molar-refractivity contribution in [1.82, 2.24) is 0 Å². The summed E-state index contributed by atoms with van der Waals surface area (Å²) in [6.45, 7) is 2.28. The topological polar surface area (TPSA) is 136 Å². The Morgan fingerprint density at radius 2 is 1.07 bits per heavy atom. The van der Waals surface area contributed by atoms with E-state index < -0.39 is 24.2 Å². The Morgan fingerprint density at radius 3 is 1.13 bits per heavy atom. The molecule has 0 radical (unpaired) electrons. The summed E-state index contributed by atoms with van der Waals surface area (Å²) in [5.74, 6) is -1.28. The number of hydrogen-bond acceptors (Lipinski definition) is 7. The molecule has 0 aromatic carbocycles. The lowest BCUT2D eigenvalue weighted by atomic mass is 10.8. The summed E-state index contributed by atoms with van der Waals surface area (Å²) in [6, 6.07) is 0. The molecule has 0 rings (SSSR count). The Hall–Kier alpha value is -2.32. The third kappa shape index (κ3) is 24.5. The maximum absolute atomic E-state index is 9.85. The minimum Gasteiger partial charge on any atom is -0.449 e. The van der Waals surface area contributed by atoms with E-state index >= 15 is 0 Å². The van der Waals surface area contributed by atoms with Crippen molar-refractivity contribution in [1.29, 1.82) is 0 Å². The van der Waals surface area contributed by atoms with Gasteiger partial charge >= 0.3 is 24.2 Å². The van der Waals surface area contributed by atoms with Gasteiger partial charge < -0.3 is 14.9 Å². The van der Waals surface area contributed by atoms with Crippen LogP contribution in [0.2, 0.25) is 0 Å². The quantitative estimate of drug-likeness (QED) is 0.259. The number of carbonyl (C=O) groups is 4. The van der Waals surface area contributed by atoms with Crippen molar-refractivity contribution in [2.45, 2.75) is 13.8 Å². The Bertz CT molecular complexity index is 229. The van der Waals surface area contributed by atoms with E-state index in [2.05, 4.69) is 14.5 Å². The summed E-state index contributed by atoms with van der Waals surface area (Å²) in [4.78, 5) is 45.7. The highest BCUT2D eigenvalue weighted by atomic mass is 17.2. The summed E-state index contributed by atoms with van der Waals surface area (Å²) in [7, 11) is 0. The van der Waals surface area contributed by atoms with Crippen LogP contribution in [-0.4, -0.2) is 34.5 Å². The normalized spacial score (nSPS) is 7.60. The number of hydrogen-bond donors (Lipinski definition) is 2. The minimum atomic E-state index is -1.81. The first-order chi connectivity index (χ1) is 6.75. The molecule has 0 bridgehead atoms. The number of ether oxygens (including phenoxy) is 1. The zero-order valence-corrected chi connectivity index (χ0v) is 7.75. The molecule has 0 unspecified atom stereocenters. The van der Waals surface area contributed by atoms with Crippen molar-refractivity contribution < 1.29 is 43.9 Å². The van der Waals surface area contributed by atoms with Gasteiger partial charge in [-0.15, -0.1) is 0 Å². The third-order valence-electron chi connectivity index (χ3n) is 0.451. The summed E-state index contributed by atoms with van der Waals surface area (Å²) >= 11 is 0. The highest BCUT2D eigenvalue weighted by Gasteiger charge is 2.01. The largest absolute Gasteiger partial charge is 0.516 e. The maximum atomic E-state index is 9.85. The van der Waals surface area contributed by atoms with E-state index in [1.807, 2.05) is 0 Å². The zero-order valence-electron chi connectivity index (χ0n) is 7.75. The summed E-state index contributed by atoms with van der Waals surface area (Å²) in [5.41, 5.74) is 0. The third-order valence-corrected chi connectivity index (χ3v) is 0.451. The van der Waals surface area contributed by atoms with Gasteiger partial charge in [-0.3, -0.25) is 0 Å². The Morgan fingerprint density at radius 1 is 0.800 bits per heavy atom. The van der Waals surface area contributed by atoms with Crippen molar-refractivity contribution in [3.05, 3.63) is 0 Å². The van der Waals surface area contributed by atoms with Gasteiger partial charge in [-0.1, -0.05) is 0 Å². The van der Waals surface area contributed by atoms with E-state index in [-0.39, 0.29) is 0 Å². The van der Waals surface area contributed by atoms with Gasteiger partial charge in [0.15, 0.2) is 0 Å². The lowest BCUT2D eigenvalue weighted by Gasteiger charge is -1.93. The van der Waals surface area contributed by atoms with Crippen LogP contribution in [0.3, 0.4) is 0 Å². The molecule has 0 saturated heterocycles. The second-order valence-electron chi connectivity index (χ2n) is 1.78. The summed E-state index contributed by atoms with van der Waals surface area (Å²) < 4.78 is 3.08. The van der Waals surface area contributed by atoms with Gasteiger partial charge in [0, 0.05) is 13.8 Å². The van der Waals surface area contributed by atoms with Crippen molar-refractivity contribution in [2.75, 3.05) is 0 Å². The van der Waals surface area contributed by atoms with Crippen LogP contribution >= 0.6 is 0 Å². The van der Waals surface area contributed by atoms with Crippen LogP contribution in [0.5, 0.6) is 0 Å². The summed E-state index contributed by atoms with van der Waals surface area (Å²) in [5, 5.41) is 15.0. The molecule has 0 saturated carbocycles. The zero-order chi connectivity index (χ0) is 12.4. The molecular formula is C6H8O9. The Kier molecular flexibility index (Phi) is 8.38. The lowest BCUT2D eigenvalue weighted by Crippen LogP contribution is -2.05. The molecule has 9 nitrogen and oxygen atoms in total. The van der Waals surface area contributed by atoms with Gasteiger partial charge in [-0.05, 0) is 0 Å². The molecule has 0 fully saturated rings. The first-order valence-corrected chi connectivity index (χ1v) is 3.25. The molecule has 0 atom stereocenters. The Labute approximate surface area is 83.1 Å². The van der Waals surface area contributed by atoms with Gasteiger partial charge in [-0.25, -0.2) is 29.0 Å². The molecule has 15 heavy (non-hydrogen) atoms. The fourth-order valence-corrected chi connectivity index (χ4v) is 0.192. The molecule has 0 heterocycles. The number of rotatable bonds is 0. The predicted octanol–water partition coefficient (Wildman–Crippen LogP) is 0.387. The Balaban J connectivity index is 0. The monoisotopic (exact) mass is 224 g/mol. The van der Waals surface area contributed by atoms with E-state index in [9.17, 15) is 19.2 Å². The van der Waals surface area contributed by atoms with Crippen molar-refractivity contribution in [3.8, 4) is 0 Å². The molecule has 86 valence electrons. The molecule has 9 heteroatoms. The average molecular weight is 224 g/mol. The van der Waals surface area contributed by atoms with E-state index in [0.717, 1.165) is 13.8 Å². The first-order valence-electron chi connectivity index (χ1n) is 3.25. The van der Waals surface area contributed by atoms with Crippen LogP contribution in [0.15, 0.2) is 0 Å². The van der Waals surface area contributed by atoms with E-state index in [1.54, 1.807) is 0 Å². The van der Waals surface area contributed by atoms with Crippen LogP contribution in [0, 0.1) is 0 Å². The first kappa shape index (κ1) is 15.2. The van der Waals surface area contributed by atoms with E-state index in [1.165, 1.54) is 0 Å². The molecule has 0 aromatic rings. The highest BCUT2D eigenvalue weighted by Crippen LogP contribution is 1.78. The van der Waals surface area contributed by atoms with Crippen molar-refractivity contribution >= 4 is 24.2 Å². The molecule has 0 aliphatic carbocycles. The summed E-state index contributed by atoms with van der Waals surface area (Å²) in [6.07, 6.45) is -3.62. The van der Waals surface area contributed by atoms with Crippen LogP contribution in [0.4, 0.5) is 9.59 Å². The SMILES string of the molecule is CC(=O)OOC(C)=O.O=C(O)OC(=O)O. The molecule has 0 aliphatic rings. The average Bonchev–Trinajstić information content (AvgIpc) is 1.99. The highest BCUT2D eigenvalue weighted by molar-refractivity contribution is 5.74. The molecular weight excluding hydrogens is 216 g/mol. The smallest absolute Gasteiger partial charge is 0.449 e. The van der Waals surface area contributed by atoms with Crippen LogP contribution in [0.25, 0.3) is 0 Å². The van der Waals surface area contributed by atoms with Crippen LogP contribution in [0.1, 0.15) is 13.8 Å². The van der Waals surface area contributed by atoms with E-state index in [4.69, 9.17) is 10.2 Å². The van der Waals surface area contributed by atoms with Crippen molar-refractivity contribution in [3.63, 3.8) is 0 Å². The lowest BCUT2D eigenvalue weighted by molar-refractivity contribution is -0.255. The maximum Gasteiger partial charge on any atom is 0.516 e. The van der Waals surface area contributed by atoms with Gasteiger partial charge in [-0.2, -0.15) is 0 Å². The number of carbonyl (C=O) groups excluding carboxylic acids is 2. The van der Waals surface area contributed by atoms with E-state index in [0.29, 0.717) is 0 Å². The second-order valence-corrected chi connectivity index (χ2v) is 1.78. The van der Waals surface area contributed by atoms with Crippen LogP contribution in [-0.2, 0) is 24.1 Å². The number of carboxylic acid groups (broad SMARTS) is 2. The van der Waals surface area contributed by atoms with Gasteiger partial charge in [0.25, 0.3) is 0 Å². The van der Waals surface area contributed by atoms with Gasteiger partial charge in [0.1, 0.15) is 0 Å². The molecule has 0 spiro atoms.